The molecule has 1 rings (SSSR count). The van der Waals surface area contributed by atoms with E-state index in [-0.39, 0.29) is 5.54 Å². The zero-order valence-corrected chi connectivity index (χ0v) is 14.3. The van der Waals surface area contributed by atoms with Gasteiger partial charge in [0, 0.05) is 32.2 Å². The first kappa shape index (κ1) is 17.5. The van der Waals surface area contributed by atoms with Crippen LogP contribution in [-0.2, 0) is 6.54 Å². The molecule has 21 heavy (non-hydrogen) atoms. The van der Waals surface area contributed by atoms with Crippen LogP contribution >= 0.6 is 0 Å². The molecule has 0 unspecified atom stereocenters. The fourth-order valence-corrected chi connectivity index (χ4v) is 2.06. The predicted octanol–water partition coefficient (Wildman–Crippen LogP) is 2.36. The van der Waals surface area contributed by atoms with Gasteiger partial charge < -0.3 is 16.0 Å². The maximum Gasteiger partial charge on any atom is 0.191 e. The minimum Gasteiger partial charge on any atom is -0.355 e. The van der Waals surface area contributed by atoms with E-state index < -0.39 is 0 Å². The molecule has 0 saturated heterocycles. The van der Waals surface area contributed by atoms with E-state index in [0.29, 0.717) is 0 Å². The summed E-state index contributed by atoms with van der Waals surface area (Å²) >= 11 is 0. The van der Waals surface area contributed by atoms with Gasteiger partial charge in [-0.25, -0.2) is 0 Å². The summed E-state index contributed by atoms with van der Waals surface area (Å²) in [5, 5.41) is 10.1. The van der Waals surface area contributed by atoms with E-state index in [0.717, 1.165) is 25.6 Å². The summed E-state index contributed by atoms with van der Waals surface area (Å²) in [6.07, 6.45) is 0. The molecule has 0 radical (unpaired) electrons. The molecule has 0 aromatic heterocycles. The van der Waals surface area contributed by atoms with Gasteiger partial charge in [-0.1, -0.05) is 23.8 Å². The Hall–Kier alpha value is -1.55. The number of benzene rings is 1. The van der Waals surface area contributed by atoms with Crippen molar-refractivity contribution in [1.82, 2.24) is 16.0 Å². The normalized spacial score (nSPS) is 12.4. The second kappa shape index (κ2) is 8.03. The molecule has 118 valence electrons. The van der Waals surface area contributed by atoms with Crippen molar-refractivity contribution in [2.45, 2.75) is 46.7 Å². The standard InChI is InChI=1S/C17H30N4/c1-13-7-8-15(14(2)11-13)12-20-16(18-6)19-9-10-21-17(3,4)5/h7-8,11,21H,9-10,12H2,1-6H3,(H2,18,19,20). The van der Waals surface area contributed by atoms with Gasteiger partial charge in [-0.15, -0.1) is 0 Å². The molecular formula is C17H30N4. The highest BCUT2D eigenvalue weighted by molar-refractivity contribution is 5.79. The van der Waals surface area contributed by atoms with Crippen LogP contribution in [0, 0.1) is 13.8 Å². The van der Waals surface area contributed by atoms with E-state index in [4.69, 9.17) is 0 Å². The van der Waals surface area contributed by atoms with Crippen molar-refractivity contribution in [2.24, 2.45) is 4.99 Å². The van der Waals surface area contributed by atoms with Crippen LogP contribution in [0.25, 0.3) is 0 Å². The number of guanidine groups is 1. The Bertz CT molecular complexity index is 472. The highest BCUT2D eigenvalue weighted by Crippen LogP contribution is 2.09. The maximum atomic E-state index is 4.25. The largest absolute Gasteiger partial charge is 0.355 e. The average molecular weight is 290 g/mol. The maximum absolute atomic E-state index is 4.25. The third-order valence-corrected chi connectivity index (χ3v) is 3.24. The van der Waals surface area contributed by atoms with Crippen molar-refractivity contribution >= 4 is 5.96 Å². The van der Waals surface area contributed by atoms with Crippen LogP contribution in [0.4, 0.5) is 0 Å². The van der Waals surface area contributed by atoms with Crippen LogP contribution < -0.4 is 16.0 Å². The zero-order chi connectivity index (χ0) is 15.9. The first-order chi connectivity index (χ1) is 9.81. The lowest BCUT2D eigenvalue weighted by atomic mass is 10.1. The van der Waals surface area contributed by atoms with Crippen LogP contribution in [0.1, 0.15) is 37.5 Å². The van der Waals surface area contributed by atoms with E-state index in [2.05, 4.69) is 73.8 Å². The third kappa shape index (κ3) is 7.14. The summed E-state index contributed by atoms with van der Waals surface area (Å²) in [4.78, 5) is 4.25. The molecule has 0 amide bonds. The van der Waals surface area contributed by atoms with Gasteiger partial charge >= 0.3 is 0 Å². The van der Waals surface area contributed by atoms with Gasteiger partial charge in [0.15, 0.2) is 5.96 Å². The Kier molecular flexibility index (Phi) is 6.69. The molecule has 0 aliphatic rings. The van der Waals surface area contributed by atoms with E-state index >= 15 is 0 Å². The van der Waals surface area contributed by atoms with Crippen molar-refractivity contribution in [1.29, 1.82) is 0 Å². The van der Waals surface area contributed by atoms with Gasteiger partial charge in [-0.3, -0.25) is 4.99 Å². The van der Waals surface area contributed by atoms with Crippen LogP contribution in [-0.4, -0.2) is 31.6 Å². The summed E-state index contributed by atoms with van der Waals surface area (Å²) in [6.45, 7) is 13.3. The number of aryl methyl sites for hydroxylation is 2. The lowest BCUT2D eigenvalue weighted by Crippen LogP contribution is -2.44. The molecule has 1 aromatic carbocycles. The molecule has 0 fully saturated rings. The topological polar surface area (TPSA) is 48.5 Å². The van der Waals surface area contributed by atoms with Gasteiger partial charge in [0.1, 0.15) is 0 Å². The third-order valence-electron chi connectivity index (χ3n) is 3.24. The lowest BCUT2D eigenvalue weighted by Gasteiger charge is -2.21. The quantitative estimate of drug-likeness (QED) is 0.443. The van der Waals surface area contributed by atoms with E-state index in [1.807, 2.05) is 0 Å². The molecule has 1 aromatic rings. The smallest absolute Gasteiger partial charge is 0.191 e. The second-order valence-corrected chi connectivity index (χ2v) is 6.46. The summed E-state index contributed by atoms with van der Waals surface area (Å²) < 4.78 is 0. The number of hydrogen-bond acceptors (Lipinski definition) is 2. The first-order valence-electron chi connectivity index (χ1n) is 7.57. The minimum atomic E-state index is 0.150. The van der Waals surface area contributed by atoms with E-state index in [1.54, 1.807) is 7.05 Å². The number of nitrogens with zero attached hydrogens (tertiary/aromatic N) is 1. The Morgan fingerprint density at radius 2 is 1.81 bits per heavy atom. The van der Waals surface area contributed by atoms with Crippen LogP contribution in [0.2, 0.25) is 0 Å². The summed E-state index contributed by atoms with van der Waals surface area (Å²) in [7, 11) is 1.80. The number of nitrogens with one attached hydrogen (secondary N) is 3. The Morgan fingerprint density at radius 3 is 2.38 bits per heavy atom. The Morgan fingerprint density at radius 1 is 1.10 bits per heavy atom. The molecule has 0 heterocycles. The molecule has 4 nitrogen and oxygen atoms in total. The molecule has 0 aliphatic heterocycles. The van der Waals surface area contributed by atoms with Crippen molar-refractivity contribution in [3.63, 3.8) is 0 Å². The number of rotatable bonds is 5. The van der Waals surface area contributed by atoms with Crippen LogP contribution in [0.3, 0.4) is 0 Å². The summed E-state index contributed by atoms with van der Waals surface area (Å²) in [6, 6.07) is 6.53. The summed E-state index contributed by atoms with van der Waals surface area (Å²) in [5.41, 5.74) is 4.06. The SMILES string of the molecule is CN=C(NCCNC(C)(C)C)NCc1ccc(C)cc1C. The molecule has 0 aliphatic carbocycles. The monoisotopic (exact) mass is 290 g/mol. The molecule has 0 atom stereocenters. The van der Waals surface area contributed by atoms with Gasteiger partial charge in [-0.05, 0) is 45.7 Å². The molecule has 0 saturated carbocycles. The summed E-state index contributed by atoms with van der Waals surface area (Å²) in [5.74, 6) is 0.839. The van der Waals surface area contributed by atoms with Crippen LogP contribution in [0.5, 0.6) is 0 Å². The molecule has 0 spiro atoms. The molecule has 4 heteroatoms. The first-order valence-corrected chi connectivity index (χ1v) is 7.57. The minimum absolute atomic E-state index is 0.150. The predicted molar refractivity (Wildman–Crippen MR) is 91.9 cm³/mol. The van der Waals surface area contributed by atoms with Crippen molar-refractivity contribution in [2.75, 3.05) is 20.1 Å². The Balaban J connectivity index is 2.38. The lowest BCUT2D eigenvalue weighted by molar-refractivity contribution is 0.428. The highest BCUT2D eigenvalue weighted by Gasteiger charge is 2.07. The number of hydrogen-bond donors (Lipinski definition) is 3. The molecule has 0 bridgehead atoms. The fraction of sp³-hybridized carbons (Fsp3) is 0.588. The van der Waals surface area contributed by atoms with Crippen molar-refractivity contribution in [3.05, 3.63) is 34.9 Å². The average Bonchev–Trinajstić information content (AvgIpc) is 2.38. The fourth-order valence-electron chi connectivity index (χ4n) is 2.06. The van der Waals surface area contributed by atoms with Crippen molar-refractivity contribution in [3.8, 4) is 0 Å². The second-order valence-electron chi connectivity index (χ2n) is 6.46. The number of aliphatic imine (C=N–C) groups is 1. The van der Waals surface area contributed by atoms with Gasteiger partial charge in [-0.2, -0.15) is 0 Å². The van der Waals surface area contributed by atoms with E-state index in [1.165, 1.54) is 16.7 Å². The zero-order valence-electron chi connectivity index (χ0n) is 14.3. The van der Waals surface area contributed by atoms with Gasteiger partial charge in [0.2, 0.25) is 0 Å². The Labute approximate surface area is 129 Å². The molecular weight excluding hydrogens is 260 g/mol. The molecule has 3 N–H and O–H groups in total. The van der Waals surface area contributed by atoms with Crippen molar-refractivity contribution < 1.29 is 0 Å². The van der Waals surface area contributed by atoms with E-state index in [9.17, 15) is 0 Å². The van der Waals surface area contributed by atoms with Gasteiger partial charge in [0.05, 0.1) is 0 Å². The van der Waals surface area contributed by atoms with Gasteiger partial charge in [0.25, 0.3) is 0 Å². The highest BCUT2D eigenvalue weighted by atomic mass is 15.2. The van der Waals surface area contributed by atoms with Crippen LogP contribution in [0.15, 0.2) is 23.2 Å².